The summed E-state index contributed by atoms with van der Waals surface area (Å²) < 4.78 is 6.39. The number of anilines is 1. The topological polar surface area (TPSA) is 55.4 Å². The summed E-state index contributed by atoms with van der Waals surface area (Å²) in [5, 5.41) is 2.87. The summed E-state index contributed by atoms with van der Waals surface area (Å²) in [6, 6.07) is 12.8. The van der Waals surface area contributed by atoms with Gasteiger partial charge in [-0.15, -0.1) is 0 Å². The van der Waals surface area contributed by atoms with E-state index in [-0.39, 0.29) is 18.3 Å². The molecule has 0 atom stereocenters. The van der Waals surface area contributed by atoms with Crippen molar-refractivity contribution in [2.75, 3.05) is 11.9 Å². The minimum absolute atomic E-state index is 0.0201. The van der Waals surface area contributed by atoms with Gasteiger partial charge in [-0.05, 0) is 64.7 Å². The Balaban J connectivity index is 1.72. The van der Waals surface area contributed by atoms with Crippen molar-refractivity contribution in [3.8, 4) is 5.75 Å². The molecule has 1 amide bonds. The number of rotatable bonds is 4. The molecular formula is C18H16BrNO3. The van der Waals surface area contributed by atoms with E-state index >= 15 is 0 Å². The molecule has 1 N–H and O–H groups in total. The molecule has 118 valence electrons. The molecule has 2 aromatic carbocycles. The Labute approximate surface area is 143 Å². The first-order chi connectivity index (χ1) is 11.1. The molecule has 0 radical (unpaired) electrons. The molecule has 1 aliphatic heterocycles. The van der Waals surface area contributed by atoms with E-state index in [2.05, 4.69) is 21.2 Å². The van der Waals surface area contributed by atoms with Gasteiger partial charge in [-0.2, -0.15) is 0 Å². The fourth-order valence-electron chi connectivity index (χ4n) is 2.54. The predicted molar refractivity (Wildman–Crippen MR) is 92.0 cm³/mol. The average Bonchev–Trinajstić information content (AvgIpc) is 2.73. The summed E-state index contributed by atoms with van der Waals surface area (Å²) in [4.78, 5) is 23.9. The van der Waals surface area contributed by atoms with Crippen LogP contribution >= 0.6 is 15.9 Å². The lowest BCUT2D eigenvalue weighted by Crippen LogP contribution is -2.13. The summed E-state index contributed by atoms with van der Waals surface area (Å²) in [6.07, 6.45) is 2.10. The highest BCUT2D eigenvalue weighted by atomic mass is 79.9. The lowest BCUT2D eigenvalue weighted by molar-refractivity contribution is -0.116. The Morgan fingerprint density at radius 3 is 2.83 bits per heavy atom. The third-order valence-corrected chi connectivity index (χ3v) is 4.40. The van der Waals surface area contributed by atoms with Crippen LogP contribution in [0.5, 0.6) is 5.75 Å². The summed E-state index contributed by atoms with van der Waals surface area (Å²) >= 11 is 3.39. The zero-order valence-electron chi connectivity index (χ0n) is 12.5. The largest absolute Gasteiger partial charge is 0.484 e. The van der Waals surface area contributed by atoms with E-state index in [1.807, 2.05) is 30.3 Å². The standard InChI is InChI=1S/C18H16BrNO3/c19-14-5-1-2-6-17(14)23-11-16(21)13-8-9-15-12(10-13)4-3-7-18(22)20-15/h1-2,5-6,8-10H,3-4,7,11H2,(H,20,22). The van der Waals surface area contributed by atoms with Crippen molar-refractivity contribution >= 4 is 33.3 Å². The fourth-order valence-corrected chi connectivity index (χ4v) is 2.94. The van der Waals surface area contributed by atoms with Crippen molar-refractivity contribution in [3.05, 3.63) is 58.1 Å². The molecule has 0 aliphatic carbocycles. The highest BCUT2D eigenvalue weighted by molar-refractivity contribution is 9.10. The molecule has 0 saturated carbocycles. The summed E-state index contributed by atoms with van der Waals surface area (Å²) in [7, 11) is 0. The number of Topliss-reactive ketones (excluding diaryl/α,β-unsaturated/α-hetero) is 1. The number of amides is 1. The van der Waals surface area contributed by atoms with Crippen molar-refractivity contribution in [2.24, 2.45) is 0 Å². The van der Waals surface area contributed by atoms with Crippen LogP contribution in [0, 0.1) is 0 Å². The second-order valence-electron chi connectivity index (χ2n) is 5.42. The third kappa shape index (κ3) is 3.79. The Kier molecular flexibility index (Phi) is 4.76. The van der Waals surface area contributed by atoms with Crippen LogP contribution in [0.25, 0.3) is 0 Å². The number of aryl methyl sites for hydroxylation is 1. The van der Waals surface area contributed by atoms with Crippen LogP contribution in [0.1, 0.15) is 28.8 Å². The first-order valence-electron chi connectivity index (χ1n) is 7.47. The molecule has 23 heavy (non-hydrogen) atoms. The van der Waals surface area contributed by atoms with Crippen molar-refractivity contribution in [3.63, 3.8) is 0 Å². The lowest BCUT2D eigenvalue weighted by atomic mass is 10.0. The van der Waals surface area contributed by atoms with Crippen LogP contribution in [-0.4, -0.2) is 18.3 Å². The van der Waals surface area contributed by atoms with E-state index in [1.165, 1.54) is 0 Å². The first kappa shape index (κ1) is 15.7. The van der Waals surface area contributed by atoms with Crippen LogP contribution in [-0.2, 0) is 11.2 Å². The monoisotopic (exact) mass is 373 g/mol. The molecule has 4 nitrogen and oxygen atoms in total. The molecule has 5 heteroatoms. The Bertz CT molecular complexity index is 758. The normalized spacial score (nSPS) is 13.7. The molecular weight excluding hydrogens is 358 g/mol. The molecule has 2 aromatic rings. The Morgan fingerprint density at radius 2 is 2.00 bits per heavy atom. The van der Waals surface area contributed by atoms with Gasteiger partial charge in [-0.1, -0.05) is 12.1 Å². The molecule has 0 aromatic heterocycles. The maximum absolute atomic E-state index is 12.3. The maximum atomic E-state index is 12.3. The molecule has 0 fully saturated rings. The van der Waals surface area contributed by atoms with Crippen molar-refractivity contribution in [1.29, 1.82) is 0 Å². The van der Waals surface area contributed by atoms with Crippen LogP contribution in [0.2, 0.25) is 0 Å². The number of nitrogens with one attached hydrogen (secondary N) is 1. The minimum atomic E-state index is -0.0841. The maximum Gasteiger partial charge on any atom is 0.224 e. The average molecular weight is 374 g/mol. The van der Waals surface area contributed by atoms with Crippen molar-refractivity contribution in [1.82, 2.24) is 0 Å². The van der Waals surface area contributed by atoms with Gasteiger partial charge in [-0.25, -0.2) is 0 Å². The number of fused-ring (bicyclic) bond motifs is 1. The van der Waals surface area contributed by atoms with E-state index in [1.54, 1.807) is 12.1 Å². The van der Waals surface area contributed by atoms with E-state index in [9.17, 15) is 9.59 Å². The van der Waals surface area contributed by atoms with Crippen LogP contribution in [0.3, 0.4) is 0 Å². The lowest BCUT2D eigenvalue weighted by Gasteiger charge is -2.10. The number of hydrogen-bond acceptors (Lipinski definition) is 3. The van der Waals surface area contributed by atoms with Crippen LogP contribution < -0.4 is 10.1 Å². The molecule has 1 aliphatic rings. The number of halogens is 1. The number of ether oxygens (including phenoxy) is 1. The number of para-hydroxylation sites is 1. The molecule has 3 rings (SSSR count). The fraction of sp³-hybridized carbons (Fsp3) is 0.222. The van der Waals surface area contributed by atoms with Gasteiger partial charge in [0.1, 0.15) is 5.75 Å². The zero-order chi connectivity index (χ0) is 16.2. The highest BCUT2D eigenvalue weighted by Crippen LogP contribution is 2.25. The molecule has 0 saturated heterocycles. The summed E-state index contributed by atoms with van der Waals surface area (Å²) in [5.41, 5.74) is 2.41. The number of carbonyl (C=O) groups is 2. The van der Waals surface area contributed by atoms with Gasteiger partial charge in [-0.3, -0.25) is 9.59 Å². The smallest absolute Gasteiger partial charge is 0.224 e. The van der Waals surface area contributed by atoms with Gasteiger partial charge >= 0.3 is 0 Å². The van der Waals surface area contributed by atoms with Gasteiger partial charge < -0.3 is 10.1 Å². The summed E-state index contributed by atoms with van der Waals surface area (Å²) in [6.45, 7) is -0.0201. The number of ketones is 1. The Hall–Kier alpha value is -2.14. The predicted octanol–water partition coefficient (Wildman–Crippen LogP) is 3.99. The number of benzene rings is 2. The number of carbonyl (C=O) groups excluding carboxylic acids is 2. The highest BCUT2D eigenvalue weighted by Gasteiger charge is 2.15. The SMILES string of the molecule is O=C1CCCc2cc(C(=O)COc3ccccc3Br)ccc2N1. The van der Waals surface area contributed by atoms with Crippen LogP contribution in [0.15, 0.2) is 46.9 Å². The van der Waals surface area contributed by atoms with Gasteiger partial charge in [0, 0.05) is 17.7 Å². The minimum Gasteiger partial charge on any atom is -0.484 e. The van der Waals surface area contributed by atoms with Gasteiger partial charge in [0.05, 0.1) is 4.47 Å². The molecule has 0 unspecified atom stereocenters. The van der Waals surface area contributed by atoms with Gasteiger partial charge in [0.2, 0.25) is 5.91 Å². The quantitative estimate of drug-likeness (QED) is 0.824. The molecule has 1 heterocycles. The second kappa shape index (κ2) is 6.96. The van der Waals surface area contributed by atoms with Gasteiger partial charge in [0.25, 0.3) is 0 Å². The van der Waals surface area contributed by atoms with E-state index in [4.69, 9.17) is 4.74 Å². The molecule has 0 bridgehead atoms. The van der Waals surface area contributed by atoms with E-state index in [0.717, 1.165) is 28.6 Å². The second-order valence-corrected chi connectivity index (χ2v) is 6.27. The van der Waals surface area contributed by atoms with E-state index < -0.39 is 0 Å². The first-order valence-corrected chi connectivity index (χ1v) is 8.26. The zero-order valence-corrected chi connectivity index (χ0v) is 14.1. The van der Waals surface area contributed by atoms with Crippen LogP contribution in [0.4, 0.5) is 5.69 Å². The van der Waals surface area contributed by atoms with E-state index in [0.29, 0.717) is 17.7 Å². The van der Waals surface area contributed by atoms with Crippen molar-refractivity contribution < 1.29 is 14.3 Å². The molecule has 0 spiro atoms. The van der Waals surface area contributed by atoms with Crippen molar-refractivity contribution in [2.45, 2.75) is 19.3 Å². The van der Waals surface area contributed by atoms with Gasteiger partial charge in [0.15, 0.2) is 12.4 Å². The Morgan fingerprint density at radius 1 is 1.17 bits per heavy atom. The third-order valence-electron chi connectivity index (χ3n) is 3.75. The summed E-state index contributed by atoms with van der Waals surface area (Å²) in [5.74, 6) is 0.585. The number of hydrogen-bond donors (Lipinski definition) is 1.